The van der Waals surface area contributed by atoms with E-state index in [9.17, 15) is 0 Å². The van der Waals surface area contributed by atoms with E-state index in [0.717, 1.165) is 50.0 Å². The van der Waals surface area contributed by atoms with Gasteiger partial charge in [0.05, 0.1) is 11.6 Å². The highest BCUT2D eigenvalue weighted by Gasteiger charge is 2.16. The third-order valence-electron chi connectivity index (χ3n) is 3.19. The summed E-state index contributed by atoms with van der Waals surface area (Å²) >= 11 is 5.80. The molecule has 0 atom stereocenters. The first kappa shape index (κ1) is 12.7. The van der Waals surface area contributed by atoms with Crippen molar-refractivity contribution in [1.29, 1.82) is 0 Å². The topological polar surface area (TPSA) is 25.4 Å². The molecule has 1 saturated heterocycles. The minimum Gasteiger partial charge on any atom is -0.381 e. The molecule has 0 N–H and O–H groups in total. The largest absolute Gasteiger partial charge is 0.381 e. The Morgan fingerprint density at radius 1 is 1.41 bits per heavy atom. The molecular weight excluding hydrogens is 236 g/mol. The molecule has 0 amide bonds. The van der Waals surface area contributed by atoms with E-state index in [2.05, 4.69) is 16.9 Å². The Hall–Kier alpha value is -0.800. The van der Waals surface area contributed by atoms with E-state index in [-0.39, 0.29) is 0 Å². The van der Waals surface area contributed by atoms with Crippen LogP contribution in [0.5, 0.6) is 0 Å². The van der Waals surface area contributed by atoms with Crippen molar-refractivity contribution in [2.75, 3.05) is 31.7 Å². The lowest BCUT2D eigenvalue weighted by Gasteiger charge is -2.27. The Morgan fingerprint density at radius 2 is 2.18 bits per heavy atom. The third kappa shape index (κ3) is 3.58. The van der Waals surface area contributed by atoms with Crippen molar-refractivity contribution in [2.45, 2.75) is 18.7 Å². The molecular formula is C13H19ClN2O. The number of aromatic nitrogens is 1. The van der Waals surface area contributed by atoms with E-state index < -0.39 is 0 Å². The van der Waals surface area contributed by atoms with Crippen LogP contribution < -0.4 is 4.90 Å². The van der Waals surface area contributed by atoms with Gasteiger partial charge in [0.15, 0.2) is 0 Å². The van der Waals surface area contributed by atoms with Crippen LogP contribution in [0.25, 0.3) is 0 Å². The van der Waals surface area contributed by atoms with Crippen LogP contribution in [0.3, 0.4) is 0 Å². The summed E-state index contributed by atoms with van der Waals surface area (Å²) in [7, 11) is 2.09. The standard InChI is InChI=1S/C13H19ClN2O/c1-16(10-11-5-7-17-8-6-11)13-4-2-3-12(9-14)15-13/h2-4,11H,5-10H2,1H3. The molecule has 0 saturated carbocycles. The van der Waals surface area contributed by atoms with Crippen molar-refractivity contribution in [1.82, 2.24) is 4.98 Å². The highest BCUT2D eigenvalue weighted by Crippen LogP contribution is 2.19. The number of rotatable bonds is 4. The second-order valence-corrected chi connectivity index (χ2v) is 4.82. The van der Waals surface area contributed by atoms with Gasteiger partial charge in [0.25, 0.3) is 0 Å². The molecule has 0 spiro atoms. The van der Waals surface area contributed by atoms with Gasteiger partial charge in [0.2, 0.25) is 0 Å². The Morgan fingerprint density at radius 3 is 2.88 bits per heavy atom. The van der Waals surface area contributed by atoms with Crippen LogP contribution in [0.15, 0.2) is 18.2 Å². The predicted molar refractivity (Wildman–Crippen MR) is 70.6 cm³/mol. The zero-order chi connectivity index (χ0) is 12.1. The number of anilines is 1. The summed E-state index contributed by atoms with van der Waals surface area (Å²) in [5.74, 6) is 2.20. The first-order chi connectivity index (χ1) is 8.29. The number of halogens is 1. The summed E-state index contributed by atoms with van der Waals surface area (Å²) in [6.07, 6.45) is 2.30. The van der Waals surface area contributed by atoms with Gasteiger partial charge in [-0.3, -0.25) is 0 Å². The second kappa shape index (κ2) is 6.22. The molecule has 2 rings (SSSR count). The van der Waals surface area contributed by atoms with Crippen LogP contribution in [0, 0.1) is 5.92 Å². The number of ether oxygens (including phenoxy) is 1. The van der Waals surface area contributed by atoms with Crippen molar-refractivity contribution < 1.29 is 4.74 Å². The van der Waals surface area contributed by atoms with Crippen molar-refractivity contribution in [3.63, 3.8) is 0 Å². The van der Waals surface area contributed by atoms with E-state index >= 15 is 0 Å². The Kier molecular flexibility index (Phi) is 4.63. The fourth-order valence-electron chi connectivity index (χ4n) is 2.16. The SMILES string of the molecule is CN(CC1CCOCC1)c1cccc(CCl)n1. The Bertz CT molecular complexity index is 353. The summed E-state index contributed by atoms with van der Waals surface area (Å²) in [5, 5.41) is 0. The number of hydrogen-bond donors (Lipinski definition) is 0. The van der Waals surface area contributed by atoms with Crippen LogP contribution in [-0.4, -0.2) is 31.8 Å². The highest BCUT2D eigenvalue weighted by atomic mass is 35.5. The zero-order valence-corrected chi connectivity index (χ0v) is 11.0. The molecule has 17 heavy (non-hydrogen) atoms. The van der Waals surface area contributed by atoms with E-state index in [4.69, 9.17) is 16.3 Å². The van der Waals surface area contributed by atoms with Crippen molar-refractivity contribution in [3.05, 3.63) is 23.9 Å². The van der Waals surface area contributed by atoms with Crippen molar-refractivity contribution >= 4 is 17.4 Å². The number of nitrogens with zero attached hydrogens (tertiary/aromatic N) is 2. The monoisotopic (exact) mass is 254 g/mol. The molecule has 1 aliphatic rings. The maximum absolute atomic E-state index is 5.80. The van der Waals surface area contributed by atoms with Gasteiger partial charge in [-0.25, -0.2) is 4.98 Å². The lowest BCUT2D eigenvalue weighted by molar-refractivity contribution is 0.0685. The van der Waals surface area contributed by atoms with Crippen LogP contribution in [-0.2, 0) is 10.6 Å². The highest BCUT2D eigenvalue weighted by molar-refractivity contribution is 6.16. The molecule has 2 heterocycles. The average Bonchev–Trinajstić information content (AvgIpc) is 2.40. The molecule has 0 unspecified atom stereocenters. The minimum atomic E-state index is 0.471. The summed E-state index contributed by atoms with van der Waals surface area (Å²) in [5.41, 5.74) is 0.933. The Balaban J connectivity index is 1.95. The number of hydrogen-bond acceptors (Lipinski definition) is 3. The Labute approximate surface area is 108 Å². The predicted octanol–water partition coefficient (Wildman–Crippen LogP) is 2.68. The fraction of sp³-hybridized carbons (Fsp3) is 0.615. The van der Waals surface area contributed by atoms with Crippen molar-refractivity contribution in [3.8, 4) is 0 Å². The zero-order valence-electron chi connectivity index (χ0n) is 10.2. The van der Waals surface area contributed by atoms with Gasteiger partial charge in [-0.05, 0) is 30.9 Å². The molecule has 1 fully saturated rings. The van der Waals surface area contributed by atoms with Gasteiger partial charge in [0.1, 0.15) is 5.82 Å². The maximum Gasteiger partial charge on any atom is 0.128 e. The number of alkyl halides is 1. The van der Waals surface area contributed by atoms with E-state index in [1.54, 1.807) is 0 Å². The molecule has 0 aliphatic carbocycles. The van der Waals surface area contributed by atoms with E-state index in [1.165, 1.54) is 0 Å². The van der Waals surface area contributed by atoms with Gasteiger partial charge in [-0.1, -0.05) is 6.07 Å². The quantitative estimate of drug-likeness (QED) is 0.773. The molecule has 0 aromatic carbocycles. The molecule has 1 aromatic heterocycles. The van der Waals surface area contributed by atoms with Gasteiger partial charge < -0.3 is 9.64 Å². The fourth-order valence-corrected chi connectivity index (χ4v) is 2.31. The van der Waals surface area contributed by atoms with Crippen LogP contribution >= 0.6 is 11.6 Å². The third-order valence-corrected chi connectivity index (χ3v) is 3.47. The first-order valence-electron chi connectivity index (χ1n) is 6.10. The minimum absolute atomic E-state index is 0.471. The molecule has 0 bridgehead atoms. The van der Waals surface area contributed by atoms with Crippen LogP contribution in [0.2, 0.25) is 0 Å². The molecule has 1 aliphatic heterocycles. The van der Waals surface area contributed by atoms with Crippen molar-refractivity contribution in [2.24, 2.45) is 5.92 Å². The summed E-state index contributed by atoms with van der Waals surface area (Å²) in [6, 6.07) is 6.01. The van der Waals surface area contributed by atoms with Gasteiger partial charge in [-0.15, -0.1) is 11.6 Å². The average molecular weight is 255 g/mol. The molecule has 0 radical (unpaired) electrons. The van der Waals surface area contributed by atoms with Gasteiger partial charge in [0, 0.05) is 26.8 Å². The summed E-state index contributed by atoms with van der Waals surface area (Å²) in [6.45, 7) is 2.84. The normalized spacial score (nSPS) is 17.1. The summed E-state index contributed by atoms with van der Waals surface area (Å²) < 4.78 is 5.37. The van der Waals surface area contributed by atoms with Crippen LogP contribution in [0.4, 0.5) is 5.82 Å². The van der Waals surface area contributed by atoms with E-state index in [1.807, 2.05) is 18.2 Å². The lowest BCUT2D eigenvalue weighted by Crippen LogP contribution is -2.30. The summed E-state index contributed by atoms with van der Waals surface area (Å²) in [4.78, 5) is 6.73. The lowest BCUT2D eigenvalue weighted by atomic mass is 10.00. The van der Waals surface area contributed by atoms with Crippen LogP contribution in [0.1, 0.15) is 18.5 Å². The molecule has 94 valence electrons. The van der Waals surface area contributed by atoms with Gasteiger partial charge in [-0.2, -0.15) is 0 Å². The van der Waals surface area contributed by atoms with E-state index in [0.29, 0.717) is 5.88 Å². The number of pyridine rings is 1. The van der Waals surface area contributed by atoms with Gasteiger partial charge >= 0.3 is 0 Å². The second-order valence-electron chi connectivity index (χ2n) is 4.56. The maximum atomic E-state index is 5.80. The molecule has 3 nitrogen and oxygen atoms in total. The first-order valence-corrected chi connectivity index (χ1v) is 6.64. The smallest absolute Gasteiger partial charge is 0.128 e. The molecule has 1 aromatic rings. The molecule has 4 heteroatoms.